The van der Waals surface area contributed by atoms with E-state index in [1.807, 2.05) is 53.4 Å². The molecule has 0 aliphatic heterocycles. The first-order valence-electron chi connectivity index (χ1n) is 10.0. The van der Waals surface area contributed by atoms with Crippen LogP contribution in [0.1, 0.15) is 39.5 Å². The number of ketones is 1. The highest BCUT2D eigenvalue weighted by Crippen LogP contribution is 2.35. The van der Waals surface area contributed by atoms with Gasteiger partial charge in [-0.05, 0) is 30.5 Å². The average Bonchev–Trinajstić information content (AvgIpc) is 3.17. The van der Waals surface area contributed by atoms with Crippen molar-refractivity contribution in [2.75, 3.05) is 0 Å². The van der Waals surface area contributed by atoms with Crippen LogP contribution in [-0.2, 0) is 19.1 Å². The maximum atomic E-state index is 13.1. The minimum Gasteiger partial charge on any atom is -0.319 e. The van der Waals surface area contributed by atoms with Crippen LogP contribution in [0.4, 0.5) is 13.2 Å². The Hall–Kier alpha value is -3.48. The van der Waals surface area contributed by atoms with Gasteiger partial charge in [-0.15, -0.1) is 0 Å². The van der Waals surface area contributed by atoms with Crippen molar-refractivity contribution in [3.63, 3.8) is 0 Å². The lowest BCUT2D eigenvalue weighted by atomic mass is 9.86. The van der Waals surface area contributed by atoms with Gasteiger partial charge in [0, 0.05) is 17.2 Å². The summed E-state index contributed by atoms with van der Waals surface area (Å²) in [7, 11) is 0. The number of hydrogen-bond acceptors (Lipinski definition) is 2. The number of carbonyl (C=O) groups is 1. The van der Waals surface area contributed by atoms with Gasteiger partial charge in [0.15, 0.2) is 30.2 Å². The third-order valence-electron chi connectivity index (χ3n) is 5.81. The maximum absolute atomic E-state index is 13.1. The Labute approximate surface area is 176 Å². The number of aryl methyl sites for hydroxylation is 1. The molecule has 0 N–H and O–H groups in total. The van der Waals surface area contributed by atoms with Crippen molar-refractivity contribution >= 4 is 16.8 Å². The number of fused-ring (bicyclic) bond motifs is 2. The molecule has 31 heavy (non-hydrogen) atoms. The lowest BCUT2D eigenvalue weighted by molar-refractivity contribution is -0.687. The first kappa shape index (κ1) is 19.5. The van der Waals surface area contributed by atoms with Crippen LogP contribution in [0.25, 0.3) is 11.0 Å². The van der Waals surface area contributed by atoms with E-state index in [0.29, 0.717) is 24.9 Å². The standard InChI is InChI=1S/C24H19F3N3O/c25-24(26,27)18-8-6-17-7-9-22(23(31)19(17)12-18)30-15-28-20-14-29(11-10-21(20)30)13-16-4-2-1-3-5-16/h1-6,8,10-12,14-15,22H,7,9,13H2/q+1. The van der Waals surface area contributed by atoms with Crippen LogP contribution in [0.2, 0.25) is 0 Å². The summed E-state index contributed by atoms with van der Waals surface area (Å²) in [4.78, 5) is 17.6. The smallest absolute Gasteiger partial charge is 0.319 e. The highest BCUT2D eigenvalue weighted by molar-refractivity contribution is 6.02. The molecule has 0 spiro atoms. The number of aromatic nitrogens is 3. The first-order chi connectivity index (χ1) is 14.9. The van der Waals surface area contributed by atoms with Crippen LogP contribution < -0.4 is 4.57 Å². The van der Waals surface area contributed by atoms with Gasteiger partial charge in [-0.1, -0.05) is 36.4 Å². The lowest BCUT2D eigenvalue weighted by Crippen LogP contribution is -2.33. The molecule has 0 amide bonds. The highest BCUT2D eigenvalue weighted by Gasteiger charge is 2.35. The van der Waals surface area contributed by atoms with Crippen molar-refractivity contribution < 1.29 is 22.5 Å². The molecule has 1 unspecified atom stereocenters. The number of hydrogen-bond donors (Lipinski definition) is 0. The summed E-state index contributed by atoms with van der Waals surface area (Å²) in [5, 5.41) is 0. The molecule has 0 fully saturated rings. The summed E-state index contributed by atoms with van der Waals surface area (Å²) >= 11 is 0. The van der Waals surface area contributed by atoms with Crippen LogP contribution in [0.3, 0.4) is 0 Å². The van der Waals surface area contributed by atoms with Crippen molar-refractivity contribution in [2.24, 2.45) is 0 Å². The van der Waals surface area contributed by atoms with E-state index in [1.54, 1.807) is 10.9 Å². The second-order valence-electron chi connectivity index (χ2n) is 7.81. The normalized spacial score (nSPS) is 16.5. The van der Waals surface area contributed by atoms with E-state index in [-0.39, 0.29) is 11.3 Å². The van der Waals surface area contributed by atoms with Crippen LogP contribution in [-0.4, -0.2) is 15.3 Å². The predicted octanol–water partition coefficient (Wildman–Crippen LogP) is 4.76. The fraction of sp³-hybridized carbons (Fsp3) is 0.208. The second kappa shape index (κ2) is 7.34. The van der Waals surface area contributed by atoms with Gasteiger partial charge in [-0.2, -0.15) is 17.7 Å². The van der Waals surface area contributed by atoms with Gasteiger partial charge < -0.3 is 4.57 Å². The summed E-state index contributed by atoms with van der Waals surface area (Å²) in [5.41, 5.74) is 2.71. The molecule has 0 bridgehead atoms. The Kier molecular flexibility index (Phi) is 4.61. The van der Waals surface area contributed by atoms with E-state index < -0.39 is 17.8 Å². The zero-order valence-corrected chi connectivity index (χ0v) is 16.5. The zero-order chi connectivity index (χ0) is 21.6. The second-order valence-corrected chi connectivity index (χ2v) is 7.81. The number of Topliss-reactive ketones (excluding diaryl/α,β-unsaturated/α-hetero) is 1. The molecule has 1 atom stereocenters. The van der Waals surface area contributed by atoms with Crippen molar-refractivity contribution in [3.8, 4) is 0 Å². The van der Waals surface area contributed by atoms with E-state index in [2.05, 4.69) is 4.98 Å². The molecule has 0 radical (unpaired) electrons. The van der Waals surface area contributed by atoms with Gasteiger partial charge >= 0.3 is 6.18 Å². The number of imidazole rings is 1. The van der Waals surface area contributed by atoms with E-state index in [4.69, 9.17) is 0 Å². The van der Waals surface area contributed by atoms with Gasteiger partial charge in [-0.3, -0.25) is 4.79 Å². The Morgan fingerprint density at radius 2 is 1.90 bits per heavy atom. The topological polar surface area (TPSA) is 38.8 Å². The predicted molar refractivity (Wildman–Crippen MR) is 109 cm³/mol. The van der Waals surface area contributed by atoms with Gasteiger partial charge in [0.1, 0.15) is 0 Å². The average molecular weight is 422 g/mol. The number of rotatable bonds is 3. The minimum atomic E-state index is -4.48. The van der Waals surface area contributed by atoms with Crippen LogP contribution in [0, 0.1) is 0 Å². The Balaban J connectivity index is 1.47. The molecular weight excluding hydrogens is 403 g/mol. The van der Waals surface area contributed by atoms with Gasteiger partial charge in [0.05, 0.1) is 23.4 Å². The lowest BCUT2D eigenvalue weighted by Gasteiger charge is -2.25. The molecule has 2 heterocycles. The first-order valence-corrected chi connectivity index (χ1v) is 10.0. The molecule has 156 valence electrons. The quantitative estimate of drug-likeness (QED) is 0.447. The van der Waals surface area contributed by atoms with Gasteiger partial charge in [0.25, 0.3) is 0 Å². The van der Waals surface area contributed by atoms with Crippen molar-refractivity contribution in [1.29, 1.82) is 0 Å². The fourth-order valence-electron chi connectivity index (χ4n) is 4.23. The molecular formula is C24H19F3N3O+. The molecule has 7 heteroatoms. The number of carbonyl (C=O) groups excluding carboxylic acids is 1. The number of halogens is 3. The SMILES string of the molecule is O=C1c2cc(C(F)(F)F)ccc2CCC1n1cnc2c[n+](Cc3ccccc3)ccc21. The van der Waals surface area contributed by atoms with Crippen molar-refractivity contribution in [3.05, 3.63) is 95.6 Å². The van der Waals surface area contributed by atoms with Gasteiger partial charge in [-0.25, -0.2) is 4.98 Å². The van der Waals surface area contributed by atoms with E-state index in [0.717, 1.165) is 28.7 Å². The van der Waals surface area contributed by atoms with E-state index in [1.165, 1.54) is 6.07 Å². The summed E-state index contributed by atoms with van der Waals surface area (Å²) in [6.07, 6.45) is 2.05. The molecule has 5 rings (SSSR count). The fourth-order valence-corrected chi connectivity index (χ4v) is 4.23. The third-order valence-corrected chi connectivity index (χ3v) is 5.81. The summed E-state index contributed by atoms with van der Waals surface area (Å²) in [6.45, 7) is 0.694. The minimum absolute atomic E-state index is 0.156. The van der Waals surface area contributed by atoms with Gasteiger partial charge in [0.2, 0.25) is 0 Å². The zero-order valence-electron chi connectivity index (χ0n) is 16.5. The molecule has 1 aliphatic carbocycles. The van der Waals surface area contributed by atoms with E-state index in [9.17, 15) is 18.0 Å². The Bertz CT molecular complexity index is 1280. The molecule has 2 aromatic heterocycles. The Morgan fingerprint density at radius 3 is 2.68 bits per heavy atom. The molecule has 4 aromatic rings. The monoisotopic (exact) mass is 422 g/mol. The number of benzene rings is 2. The molecule has 1 aliphatic rings. The maximum Gasteiger partial charge on any atom is 0.416 e. The molecule has 2 aromatic carbocycles. The molecule has 0 saturated carbocycles. The summed E-state index contributed by atoms with van der Waals surface area (Å²) in [5.74, 6) is -0.298. The summed E-state index contributed by atoms with van der Waals surface area (Å²) in [6, 6.07) is 14.8. The Morgan fingerprint density at radius 1 is 1.10 bits per heavy atom. The molecule has 4 nitrogen and oxygen atoms in total. The van der Waals surface area contributed by atoms with Crippen molar-refractivity contribution in [1.82, 2.24) is 9.55 Å². The largest absolute Gasteiger partial charge is 0.416 e. The van der Waals surface area contributed by atoms with Crippen LogP contribution in [0.5, 0.6) is 0 Å². The number of pyridine rings is 1. The van der Waals surface area contributed by atoms with Crippen molar-refractivity contribution in [2.45, 2.75) is 31.6 Å². The number of alkyl halides is 3. The highest BCUT2D eigenvalue weighted by atomic mass is 19.4. The third kappa shape index (κ3) is 3.60. The molecule has 0 saturated heterocycles. The summed E-state index contributed by atoms with van der Waals surface area (Å²) < 4.78 is 43.2. The van der Waals surface area contributed by atoms with Crippen LogP contribution >= 0.6 is 0 Å². The van der Waals surface area contributed by atoms with E-state index >= 15 is 0 Å². The van der Waals surface area contributed by atoms with Crippen LogP contribution in [0.15, 0.2) is 73.3 Å². The number of nitrogens with zero attached hydrogens (tertiary/aromatic N) is 3.